The fourth-order valence-corrected chi connectivity index (χ4v) is 1.96. The van der Waals surface area contributed by atoms with E-state index in [1.807, 2.05) is 0 Å². The standard InChI is InChI=1S/C7H3BrF4S/c8-4-1-5(9)3-6(2-4)13-7(10,11)12/h1-3H. The molecule has 1 aromatic carbocycles. The lowest BCUT2D eigenvalue weighted by Gasteiger charge is -2.05. The lowest BCUT2D eigenvalue weighted by atomic mass is 10.3. The summed E-state index contributed by atoms with van der Waals surface area (Å²) in [5.74, 6) is -0.693. The molecular weight excluding hydrogens is 272 g/mol. The molecule has 1 aromatic rings. The van der Waals surface area contributed by atoms with Gasteiger partial charge in [-0.2, -0.15) is 13.2 Å². The summed E-state index contributed by atoms with van der Waals surface area (Å²) in [6.45, 7) is 0. The Kier molecular flexibility index (Phi) is 3.23. The minimum Gasteiger partial charge on any atom is -0.207 e. The van der Waals surface area contributed by atoms with E-state index in [0.717, 1.165) is 12.1 Å². The van der Waals surface area contributed by atoms with Crippen LogP contribution in [0.5, 0.6) is 0 Å². The minimum atomic E-state index is -4.38. The summed E-state index contributed by atoms with van der Waals surface area (Å²) in [7, 11) is 0. The largest absolute Gasteiger partial charge is 0.446 e. The van der Waals surface area contributed by atoms with Gasteiger partial charge in [0.1, 0.15) is 5.82 Å². The van der Waals surface area contributed by atoms with Gasteiger partial charge in [0.15, 0.2) is 0 Å². The summed E-state index contributed by atoms with van der Waals surface area (Å²) in [4.78, 5) is -0.167. The van der Waals surface area contributed by atoms with Crippen molar-refractivity contribution in [1.82, 2.24) is 0 Å². The van der Waals surface area contributed by atoms with E-state index in [0.29, 0.717) is 4.47 Å². The van der Waals surface area contributed by atoms with E-state index >= 15 is 0 Å². The van der Waals surface area contributed by atoms with Crippen molar-refractivity contribution < 1.29 is 17.6 Å². The molecule has 0 amide bonds. The molecular formula is C7H3BrF4S. The van der Waals surface area contributed by atoms with E-state index in [-0.39, 0.29) is 16.7 Å². The first-order valence-corrected chi connectivity index (χ1v) is 4.69. The normalized spacial score (nSPS) is 11.8. The summed E-state index contributed by atoms with van der Waals surface area (Å²) >= 11 is 2.56. The first-order chi connectivity index (χ1) is 5.87. The molecule has 0 aromatic heterocycles. The van der Waals surface area contributed by atoms with Gasteiger partial charge in [0.25, 0.3) is 0 Å². The van der Waals surface area contributed by atoms with Gasteiger partial charge in [0, 0.05) is 9.37 Å². The Labute approximate surface area is 84.4 Å². The molecule has 6 heteroatoms. The molecule has 0 aliphatic carbocycles. The molecule has 0 nitrogen and oxygen atoms in total. The molecule has 0 unspecified atom stereocenters. The topological polar surface area (TPSA) is 0 Å². The number of benzene rings is 1. The Hall–Kier alpha value is -0.230. The lowest BCUT2D eigenvalue weighted by molar-refractivity contribution is -0.0328. The molecule has 0 fully saturated rings. The number of alkyl halides is 3. The highest BCUT2D eigenvalue weighted by Crippen LogP contribution is 2.37. The van der Waals surface area contributed by atoms with Crippen molar-refractivity contribution in [3.8, 4) is 0 Å². The second kappa shape index (κ2) is 3.88. The van der Waals surface area contributed by atoms with E-state index in [9.17, 15) is 17.6 Å². The van der Waals surface area contributed by atoms with Gasteiger partial charge < -0.3 is 0 Å². The van der Waals surface area contributed by atoms with Crippen molar-refractivity contribution >= 4 is 27.7 Å². The molecule has 0 aliphatic heterocycles. The van der Waals surface area contributed by atoms with Gasteiger partial charge in [-0.3, -0.25) is 0 Å². The molecule has 72 valence electrons. The van der Waals surface area contributed by atoms with E-state index in [1.165, 1.54) is 6.07 Å². The van der Waals surface area contributed by atoms with Crippen molar-refractivity contribution in [2.24, 2.45) is 0 Å². The zero-order chi connectivity index (χ0) is 10.1. The number of rotatable bonds is 1. The van der Waals surface area contributed by atoms with E-state index < -0.39 is 11.3 Å². The van der Waals surface area contributed by atoms with Crippen LogP contribution in [0.1, 0.15) is 0 Å². The van der Waals surface area contributed by atoms with Gasteiger partial charge in [-0.05, 0) is 30.0 Å². The third kappa shape index (κ3) is 3.99. The molecule has 0 N–H and O–H groups in total. The van der Waals surface area contributed by atoms with E-state index in [4.69, 9.17) is 0 Å². The molecule has 1 rings (SSSR count). The van der Waals surface area contributed by atoms with Crippen LogP contribution >= 0.6 is 27.7 Å². The first-order valence-electron chi connectivity index (χ1n) is 3.09. The highest BCUT2D eigenvalue weighted by atomic mass is 79.9. The van der Waals surface area contributed by atoms with E-state index in [1.54, 1.807) is 0 Å². The number of hydrogen-bond acceptors (Lipinski definition) is 1. The zero-order valence-electron chi connectivity index (χ0n) is 6.03. The third-order valence-electron chi connectivity index (χ3n) is 1.07. The first kappa shape index (κ1) is 10.8. The molecule has 0 bridgehead atoms. The Morgan fingerprint density at radius 1 is 1.15 bits per heavy atom. The molecule has 0 saturated heterocycles. The van der Waals surface area contributed by atoms with Crippen LogP contribution in [0.25, 0.3) is 0 Å². The van der Waals surface area contributed by atoms with Crippen LogP contribution in [-0.2, 0) is 0 Å². The SMILES string of the molecule is Fc1cc(Br)cc(SC(F)(F)F)c1. The summed E-state index contributed by atoms with van der Waals surface area (Å²) in [6, 6.07) is 3.14. The Balaban J connectivity index is 2.90. The van der Waals surface area contributed by atoms with Gasteiger partial charge in [0.2, 0.25) is 0 Å². The van der Waals surface area contributed by atoms with Crippen molar-refractivity contribution in [3.63, 3.8) is 0 Å². The number of halogens is 5. The van der Waals surface area contributed by atoms with Crippen LogP contribution in [0.3, 0.4) is 0 Å². The van der Waals surface area contributed by atoms with Crippen LogP contribution in [-0.4, -0.2) is 5.51 Å². The van der Waals surface area contributed by atoms with Gasteiger partial charge in [-0.1, -0.05) is 15.9 Å². The lowest BCUT2D eigenvalue weighted by Crippen LogP contribution is -1.99. The number of hydrogen-bond donors (Lipinski definition) is 0. The molecule has 0 saturated carbocycles. The van der Waals surface area contributed by atoms with Gasteiger partial charge >= 0.3 is 5.51 Å². The second-order valence-corrected chi connectivity index (χ2v) is 4.21. The predicted molar refractivity (Wildman–Crippen MR) is 46.0 cm³/mol. The highest BCUT2D eigenvalue weighted by molar-refractivity contribution is 9.10. The fourth-order valence-electron chi connectivity index (χ4n) is 0.721. The molecule has 0 atom stereocenters. The maximum Gasteiger partial charge on any atom is 0.446 e. The molecule has 0 spiro atoms. The molecule has 13 heavy (non-hydrogen) atoms. The summed E-state index contributed by atoms with van der Waals surface area (Å²) in [5.41, 5.74) is -4.38. The van der Waals surface area contributed by atoms with Crippen molar-refractivity contribution in [3.05, 3.63) is 28.5 Å². The van der Waals surface area contributed by atoms with Crippen LogP contribution < -0.4 is 0 Å². The maximum atomic E-state index is 12.6. The van der Waals surface area contributed by atoms with Gasteiger partial charge in [0.05, 0.1) is 0 Å². The average Bonchev–Trinajstić information content (AvgIpc) is 1.78. The van der Waals surface area contributed by atoms with Crippen molar-refractivity contribution in [1.29, 1.82) is 0 Å². The van der Waals surface area contributed by atoms with Crippen LogP contribution in [0.4, 0.5) is 17.6 Å². The van der Waals surface area contributed by atoms with Crippen molar-refractivity contribution in [2.45, 2.75) is 10.4 Å². The van der Waals surface area contributed by atoms with Crippen LogP contribution in [0, 0.1) is 5.82 Å². The monoisotopic (exact) mass is 274 g/mol. The number of thioether (sulfide) groups is 1. The summed E-state index contributed by atoms with van der Waals surface area (Å²) < 4.78 is 48.4. The Morgan fingerprint density at radius 2 is 1.77 bits per heavy atom. The average molecular weight is 275 g/mol. The Morgan fingerprint density at radius 3 is 2.23 bits per heavy atom. The Bertz CT molecular complexity index is 290. The highest BCUT2D eigenvalue weighted by Gasteiger charge is 2.29. The molecule has 0 aliphatic rings. The smallest absolute Gasteiger partial charge is 0.207 e. The quantitative estimate of drug-likeness (QED) is 0.546. The van der Waals surface area contributed by atoms with Gasteiger partial charge in [-0.15, -0.1) is 0 Å². The second-order valence-electron chi connectivity index (χ2n) is 2.15. The van der Waals surface area contributed by atoms with Crippen molar-refractivity contribution in [2.75, 3.05) is 0 Å². The zero-order valence-corrected chi connectivity index (χ0v) is 8.43. The maximum absolute atomic E-state index is 12.6. The van der Waals surface area contributed by atoms with Crippen LogP contribution in [0.15, 0.2) is 27.6 Å². The van der Waals surface area contributed by atoms with Gasteiger partial charge in [-0.25, -0.2) is 4.39 Å². The predicted octanol–water partition coefficient (Wildman–Crippen LogP) is 4.20. The minimum absolute atomic E-state index is 0.167. The summed E-state index contributed by atoms with van der Waals surface area (Å²) in [5, 5.41) is 0. The molecule has 0 heterocycles. The van der Waals surface area contributed by atoms with Crippen LogP contribution in [0.2, 0.25) is 0 Å². The molecule has 0 radical (unpaired) electrons. The summed E-state index contributed by atoms with van der Waals surface area (Å²) in [6.07, 6.45) is 0. The van der Waals surface area contributed by atoms with E-state index in [2.05, 4.69) is 15.9 Å². The fraction of sp³-hybridized carbons (Fsp3) is 0.143. The third-order valence-corrected chi connectivity index (χ3v) is 2.23.